The Morgan fingerprint density at radius 2 is 1.82 bits per heavy atom. The van der Waals surface area contributed by atoms with Crippen LogP contribution in [0, 0.1) is 29.6 Å². The van der Waals surface area contributed by atoms with Gasteiger partial charge in [-0.2, -0.15) is 0 Å². The molecule has 0 radical (unpaired) electrons. The molecule has 0 aromatic heterocycles. The predicted molar refractivity (Wildman–Crippen MR) is 71.4 cm³/mol. The third kappa shape index (κ3) is 5.26. The van der Waals surface area contributed by atoms with Crippen LogP contribution >= 0.6 is 0 Å². The number of piperidine rings is 1. The van der Waals surface area contributed by atoms with Crippen molar-refractivity contribution in [2.24, 2.45) is 17.8 Å². The van der Waals surface area contributed by atoms with E-state index in [1.165, 1.54) is 0 Å². The van der Waals surface area contributed by atoms with E-state index in [1.807, 2.05) is 4.90 Å². The van der Waals surface area contributed by atoms with E-state index in [0.29, 0.717) is 30.1 Å². The molecule has 0 spiro atoms. The third-order valence-corrected chi connectivity index (χ3v) is 3.01. The fourth-order valence-electron chi connectivity index (χ4n) is 2.04. The molecule has 1 saturated heterocycles. The van der Waals surface area contributed by atoms with Crippen molar-refractivity contribution in [1.29, 1.82) is 0 Å². The monoisotopic (exact) mass is 235 g/mol. The lowest BCUT2D eigenvalue weighted by atomic mass is 9.96. The number of hydrogen-bond donors (Lipinski definition) is 0. The Balaban J connectivity index is 2.36. The summed E-state index contributed by atoms with van der Waals surface area (Å²) in [6, 6.07) is 0. The van der Waals surface area contributed by atoms with Crippen LogP contribution in [0.15, 0.2) is 0 Å². The summed E-state index contributed by atoms with van der Waals surface area (Å²) < 4.78 is 0. The molecule has 0 saturated carbocycles. The van der Waals surface area contributed by atoms with Crippen molar-refractivity contribution in [3.63, 3.8) is 0 Å². The van der Waals surface area contributed by atoms with Crippen LogP contribution in [0.5, 0.6) is 0 Å². The predicted octanol–water partition coefficient (Wildman–Crippen LogP) is 2.93. The van der Waals surface area contributed by atoms with Gasteiger partial charge in [-0.25, -0.2) is 0 Å². The van der Waals surface area contributed by atoms with Crippen LogP contribution in [-0.2, 0) is 4.79 Å². The van der Waals surface area contributed by atoms with Gasteiger partial charge < -0.3 is 4.90 Å². The topological polar surface area (TPSA) is 20.3 Å². The molecule has 1 rings (SSSR count). The van der Waals surface area contributed by atoms with Gasteiger partial charge in [0.25, 0.3) is 0 Å². The van der Waals surface area contributed by atoms with Crippen LogP contribution in [-0.4, -0.2) is 23.9 Å². The zero-order valence-corrected chi connectivity index (χ0v) is 11.6. The van der Waals surface area contributed by atoms with Gasteiger partial charge in [0, 0.05) is 31.3 Å². The number of amides is 1. The normalized spacial score (nSPS) is 17.2. The lowest BCUT2D eigenvalue weighted by molar-refractivity contribution is -0.133. The lowest BCUT2D eigenvalue weighted by Gasteiger charge is -2.30. The number of hydrogen-bond acceptors (Lipinski definition) is 1. The van der Waals surface area contributed by atoms with Gasteiger partial charge in [-0.1, -0.05) is 33.6 Å². The zero-order chi connectivity index (χ0) is 12.8. The maximum absolute atomic E-state index is 11.9. The molecule has 17 heavy (non-hydrogen) atoms. The highest BCUT2D eigenvalue weighted by Gasteiger charge is 2.21. The van der Waals surface area contributed by atoms with Crippen LogP contribution in [0.25, 0.3) is 0 Å². The fraction of sp³-hybridized carbons (Fsp3) is 0.800. The average molecular weight is 235 g/mol. The Hall–Kier alpha value is -0.970. The minimum Gasteiger partial charge on any atom is -0.343 e. The number of carbonyl (C=O) groups excluding carboxylic acids is 1. The Labute approximate surface area is 106 Å². The van der Waals surface area contributed by atoms with Gasteiger partial charge in [0.15, 0.2) is 0 Å². The molecule has 1 aliphatic rings. The van der Waals surface area contributed by atoms with Crippen molar-refractivity contribution in [2.75, 3.05) is 13.1 Å². The summed E-state index contributed by atoms with van der Waals surface area (Å²) in [5.41, 5.74) is 0. The number of likely N-dealkylation sites (tertiary alicyclic amines) is 1. The fourth-order valence-corrected chi connectivity index (χ4v) is 2.04. The van der Waals surface area contributed by atoms with Gasteiger partial charge in [0.2, 0.25) is 5.91 Å². The zero-order valence-electron chi connectivity index (χ0n) is 11.6. The minimum atomic E-state index is 0.315. The summed E-state index contributed by atoms with van der Waals surface area (Å²) in [4.78, 5) is 13.9. The van der Waals surface area contributed by atoms with Crippen molar-refractivity contribution >= 4 is 5.91 Å². The van der Waals surface area contributed by atoms with Gasteiger partial charge in [0.05, 0.1) is 0 Å². The summed E-state index contributed by atoms with van der Waals surface area (Å²) in [6.45, 7) is 10.2. The Bertz CT molecular complexity index is 301. The number of carbonyl (C=O) groups is 1. The second-order valence-corrected chi connectivity index (χ2v) is 5.70. The molecular formula is C15H25NO. The van der Waals surface area contributed by atoms with Gasteiger partial charge in [-0.15, -0.1) is 5.92 Å². The molecule has 1 amide bonds. The summed E-state index contributed by atoms with van der Waals surface area (Å²) >= 11 is 0. The van der Waals surface area contributed by atoms with Crippen LogP contribution in [0.1, 0.15) is 47.0 Å². The molecule has 2 nitrogen and oxygen atoms in total. The number of rotatable bonds is 2. The first-order valence-corrected chi connectivity index (χ1v) is 6.78. The molecule has 1 heterocycles. The van der Waals surface area contributed by atoms with Gasteiger partial charge in [-0.3, -0.25) is 4.79 Å². The van der Waals surface area contributed by atoms with Gasteiger partial charge in [-0.05, 0) is 18.8 Å². The molecule has 0 aromatic carbocycles. The van der Waals surface area contributed by atoms with E-state index < -0.39 is 0 Å². The number of nitrogens with zero attached hydrogens (tertiary/aromatic N) is 1. The third-order valence-electron chi connectivity index (χ3n) is 3.01. The smallest absolute Gasteiger partial charge is 0.222 e. The highest BCUT2D eigenvalue weighted by Crippen LogP contribution is 2.18. The van der Waals surface area contributed by atoms with Gasteiger partial charge in [0.1, 0.15) is 0 Å². The Kier molecular flexibility index (Phi) is 5.55. The minimum absolute atomic E-state index is 0.315. The molecule has 0 bridgehead atoms. The highest BCUT2D eigenvalue weighted by molar-refractivity contribution is 5.76. The molecule has 2 heteroatoms. The molecule has 96 valence electrons. The second-order valence-electron chi connectivity index (χ2n) is 5.70. The molecule has 0 aliphatic carbocycles. The molecular weight excluding hydrogens is 210 g/mol. The van der Waals surface area contributed by atoms with E-state index in [2.05, 4.69) is 39.5 Å². The quantitative estimate of drug-likeness (QED) is 0.674. The highest BCUT2D eigenvalue weighted by atomic mass is 16.2. The first-order valence-electron chi connectivity index (χ1n) is 6.78. The van der Waals surface area contributed by atoms with Crippen LogP contribution in [0.4, 0.5) is 0 Å². The Morgan fingerprint density at radius 1 is 1.24 bits per heavy atom. The van der Waals surface area contributed by atoms with Crippen molar-refractivity contribution < 1.29 is 4.79 Å². The van der Waals surface area contributed by atoms with E-state index in [4.69, 9.17) is 0 Å². The second kappa shape index (κ2) is 6.69. The molecule has 0 aromatic rings. The van der Waals surface area contributed by atoms with E-state index in [9.17, 15) is 4.79 Å². The average Bonchev–Trinajstić information content (AvgIpc) is 2.26. The summed E-state index contributed by atoms with van der Waals surface area (Å²) in [6.07, 6.45) is 2.77. The summed E-state index contributed by atoms with van der Waals surface area (Å²) in [5, 5.41) is 0. The maximum atomic E-state index is 11.9. The summed E-state index contributed by atoms with van der Waals surface area (Å²) in [5.74, 6) is 8.30. The van der Waals surface area contributed by atoms with Crippen molar-refractivity contribution in [2.45, 2.75) is 47.0 Å². The van der Waals surface area contributed by atoms with E-state index in [1.54, 1.807) is 0 Å². The van der Waals surface area contributed by atoms with E-state index in [-0.39, 0.29) is 0 Å². The van der Waals surface area contributed by atoms with Crippen LogP contribution < -0.4 is 0 Å². The van der Waals surface area contributed by atoms with Gasteiger partial charge >= 0.3 is 0 Å². The first kappa shape index (κ1) is 14.1. The largest absolute Gasteiger partial charge is 0.343 e. The lowest BCUT2D eigenvalue weighted by Crippen LogP contribution is -2.38. The van der Waals surface area contributed by atoms with Crippen molar-refractivity contribution in [3.8, 4) is 11.8 Å². The molecule has 1 aliphatic heterocycles. The van der Waals surface area contributed by atoms with Crippen molar-refractivity contribution in [1.82, 2.24) is 4.90 Å². The Morgan fingerprint density at radius 3 is 2.29 bits per heavy atom. The van der Waals surface area contributed by atoms with E-state index in [0.717, 1.165) is 25.9 Å². The molecule has 0 N–H and O–H groups in total. The van der Waals surface area contributed by atoms with Crippen LogP contribution in [0.2, 0.25) is 0 Å². The molecule has 0 atom stereocenters. The standard InChI is InChI=1S/C15H25NO/c1-12(2)5-6-14-7-9-16(10-8-14)15(17)11-13(3)4/h12-14H,7-11H2,1-4H3. The molecule has 0 unspecified atom stereocenters. The first-order chi connectivity index (χ1) is 7.99. The van der Waals surface area contributed by atoms with Crippen LogP contribution in [0.3, 0.4) is 0 Å². The van der Waals surface area contributed by atoms with E-state index >= 15 is 0 Å². The SMILES string of the molecule is CC(C)C#CC1CCN(C(=O)CC(C)C)CC1. The summed E-state index contributed by atoms with van der Waals surface area (Å²) in [7, 11) is 0. The molecule has 1 fully saturated rings. The van der Waals surface area contributed by atoms with Crippen molar-refractivity contribution in [3.05, 3.63) is 0 Å². The maximum Gasteiger partial charge on any atom is 0.222 e.